The van der Waals surface area contributed by atoms with Gasteiger partial charge in [-0.05, 0) is 35.9 Å². The Labute approximate surface area is 159 Å². The van der Waals surface area contributed by atoms with Crippen LogP contribution in [0.3, 0.4) is 0 Å². The summed E-state index contributed by atoms with van der Waals surface area (Å²) < 4.78 is 1.74. The highest BCUT2D eigenvalue weighted by molar-refractivity contribution is 7.10. The van der Waals surface area contributed by atoms with Crippen LogP contribution < -0.4 is 0 Å². The van der Waals surface area contributed by atoms with Crippen molar-refractivity contribution in [1.29, 1.82) is 0 Å². The summed E-state index contributed by atoms with van der Waals surface area (Å²) in [6.07, 6.45) is 1.65. The van der Waals surface area contributed by atoms with Crippen molar-refractivity contribution in [2.45, 2.75) is 20.0 Å². The second-order valence-corrected chi connectivity index (χ2v) is 8.19. The molecule has 132 valence electrons. The average Bonchev–Trinajstić information content (AvgIpc) is 3.38. The molecule has 4 aromatic heterocycles. The number of amides is 1. The van der Waals surface area contributed by atoms with Crippen LogP contribution in [0, 0.1) is 6.92 Å². The molecular weight excluding hydrogens is 364 g/mol. The number of pyridine rings is 1. The van der Waals surface area contributed by atoms with Crippen LogP contribution in [-0.2, 0) is 20.1 Å². The zero-order chi connectivity index (χ0) is 18.1. The van der Waals surface area contributed by atoms with Gasteiger partial charge in [0.15, 0.2) is 5.65 Å². The standard InChI is InChI=1S/C19H18N4OS2/c1-13-17-9-14(10-20-18(17)22(2)21-13)19(24)23(11-15-5-3-7-25-15)12-16-6-4-8-26-16/h3-10H,11-12H2,1-2H3. The number of hydrogen-bond acceptors (Lipinski definition) is 5. The van der Waals surface area contributed by atoms with Gasteiger partial charge in [-0.15, -0.1) is 22.7 Å². The molecule has 0 radical (unpaired) electrons. The highest BCUT2D eigenvalue weighted by Crippen LogP contribution is 2.22. The summed E-state index contributed by atoms with van der Waals surface area (Å²) in [6, 6.07) is 10.1. The lowest BCUT2D eigenvalue weighted by atomic mass is 10.2. The van der Waals surface area contributed by atoms with Crippen molar-refractivity contribution in [1.82, 2.24) is 19.7 Å². The average molecular weight is 383 g/mol. The molecule has 1 amide bonds. The molecular formula is C19H18N4OS2. The number of thiophene rings is 2. The Bertz CT molecular complexity index is 999. The second-order valence-electron chi connectivity index (χ2n) is 6.12. The summed E-state index contributed by atoms with van der Waals surface area (Å²) in [6.45, 7) is 3.13. The number of nitrogens with zero attached hydrogens (tertiary/aromatic N) is 4. The van der Waals surface area contributed by atoms with Gasteiger partial charge in [-0.2, -0.15) is 5.10 Å². The fourth-order valence-corrected chi connectivity index (χ4v) is 4.43. The maximum absolute atomic E-state index is 13.2. The van der Waals surface area contributed by atoms with E-state index in [2.05, 4.69) is 22.2 Å². The Morgan fingerprint density at radius 3 is 2.38 bits per heavy atom. The van der Waals surface area contributed by atoms with Crippen molar-refractivity contribution >= 4 is 39.6 Å². The Balaban J connectivity index is 1.67. The van der Waals surface area contributed by atoms with E-state index in [1.165, 1.54) is 9.75 Å². The minimum Gasteiger partial charge on any atom is -0.328 e. The number of hydrogen-bond donors (Lipinski definition) is 0. The lowest BCUT2D eigenvalue weighted by molar-refractivity contribution is 0.0733. The monoisotopic (exact) mass is 382 g/mol. The van der Waals surface area contributed by atoms with E-state index in [0.717, 1.165) is 16.7 Å². The van der Waals surface area contributed by atoms with Gasteiger partial charge >= 0.3 is 0 Å². The Morgan fingerprint density at radius 2 is 1.81 bits per heavy atom. The fourth-order valence-electron chi connectivity index (χ4n) is 2.99. The molecule has 0 saturated carbocycles. The van der Waals surface area contributed by atoms with Crippen LogP contribution in [0.1, 0.15) is 25.8 Å². The van der Waals surface area contributed by atoms with Gasteiger partial charge in [0.2, 0.25) is 0 Å². The summed E-state index contributed by atoms with van der Waals surface area (Å²) in [4.78, 5) is 21.9. The van der Waals surface area contributed by atoms with Gasteiger partial charge in [-0.3, -0.25) is 9.48 Å². The molecule has 0 aliphatic heterocycles. The molecule has 4 rings (SSSR count). The summed E-state index contributed by atoms with van der Waals surface area (Å²) in [5.41, 5.74) is 2.27. The predicted molar refractivity (Wildman–Crippen MR) is 105 cm³/mol. The zero-order valence-corrected chi connectivity index (χ0v) is 16.2. The number of carbonyl (C=O) groups excluding carboxylic acids is 1. The molecule has 0 bridgehead atoms. The topological polar surface area (TPSA) is 51.0 Å². The van der Waals surface area contributed by atoms with Crippen LogP contribution in [0.2, 0.25) is 0 Å². The number of aromatic nitrogens is 3. The van der Waals surface area contributed by atoms with Gasteiger partial charge in [0.05, 0.1) is 24.3 Å². The van der Waals surface area contributed by atoms with Crippen LogP contribution in [0.4, 0.5) is 0 Å². The molecule has 0 fully saturated rings. The van der Waals surface area contributed by atoms with Crippen molar-refractivity contribution in [3.8, 4) is 0 Å². The fraction of sp³-hybridized carbons (Fsp3) is 0.211. The summed E-state index contributed by atoms with van der Waals surface area (Å²) in [7, 11) is 1.86. The second kappa shape index (κ2) is 7.01. The molecule has 4 heterocycles. The summed E-state index contributed by atoms with van der Waals surface area (Å²) >= 11 is 3.33. The summed E-state index contributed by atoms with van der Waals surface area (Å²) in [5, 5.41) is 9.39. The van der Waals surface area contributed by atoms with Gasteiger partial charge in [-0.25, -0.2) is 4.98 Å². The first-order valence-electron chi connectivity index (χ1n) is 8.25. The first kappa shape index (κ1) is 16.9. The first-order valence-corrected chi connectivity index (χ1v) is 10.0. The van der Waals surface area contributed by atoms with Crippen LogP contribution in [0.25, 0.3) is 11.0 Å². The van der Waals surface area contributed by atoms with Gasteiger partial charge < -0.3 is 4.90 Å². The van der Waals surface area contributed by atoms with E-state index in [-0.39, 0.29) is 5.91 Å². The van der Waals surface area contributed by atoms with Crippen LogP contribution >= 0.6 is 22.7 Å². The van der Waals surface area contributed by atoms with Crippen molar-refractivity contribution in [2.75, 3.05) is 0 Å². The molecule has 26 heavy (non-hydrogen) atoms. The highest BCUT2D eigenvalue weighted by atomic mass is 32.1. The first-order chi connectivity index (χ1) is 12.6. The number of carbonyl (C=O) groups is 1. The molecule has 0 unspecified atom stereocenters. The maximum Gasteiger partial charge on any atom is 0.256 e. The largest absolute Gasteiger partial charge is 0.328 e. The van der Waals surface area contributed by atoms with Gasteiger partial charge in [0.1, 0.15) is 0 Å². The smallest absolute Gasteiger partial charge is 0.256 e. The minimum absolute atomic E-state index is 0.00977. The SMILES string of the molecule is Cc1nn(C)c2ncc(C(=O)N(Cc3cccs3)Cc3cccs3)cc12. The van der Waals surface area contributed by atoms with E-state index in [1.54, 1.807) is 33.6 Å². The molecule has 4 aromatic rings. The van der Waals surface area contributed by atoms with E-state index >= 15 is 0 Å². The van der Waals surface area contributed by atoms with Crippen LogP contribution in [-0.4, -0.2) is 25.6 Å². The molecule has 7 heteroatoms. The van der Waals surface area contributed by atoms with Crippen molar-refractivity contribution < 1.29 is 4.79 Å². The third-order valence-corrected chi connectivity index (χ3v) is 5.97. The Morgan fingerprint density at radius 1 is 1.15 bits per heavy atom. The van der Waals surface area contributed by atoms with Crippen molar-refractivity contribution in [3.63, 3.8) is 0 Å². The predicted octanol–water partition coefficient (Wildman–Crippen LogP) is 4.24. The van der Waals surface area contributed by atoms with Gasteiger partial charge in [0.25, 0.3) is 5.91 Å². The Kier molecular flexibility index (Phi) is 4.57. The Hall–Kier alpha value is -2.51. The number of rotatable bonds is 5. The molecule has 0 atom stereocenters. The quantitative estimate of drug-likeness (QED) is 0.519. The molecule has 0 saturated heterocycles. The van der Waals surface area contributed by atoms with E-state index in [1.807, 2.05) is 47.8 Å². The maximum atomic E-state index is 13.2. The third-order valence-electron chi connectivity index (χ3n) is 4.25. The van der Waals surface area contributed by atoms with Gasteiger partial charge in [-0.1, -0.05) is 12.1 Å². The van der Waals surface area contributed by atoms with E-state index in [9.17, 15) is 4.79 Å². The van der Waals surface area contributed by atoms with Crippen molar-refractivity contribution in [2.24, 2.45) is 7.05 Å². The molecule has 0 spiro atoms. The minimum atomic E-state index is -0.00977. The number of fused-ring (bicyclic) bond motifs is 1. The van der Waals surface area contributed by atoms with E-state index in [0.29, 0.717) is 18.7 Å². The molecule has 0 aromatic carbocycles. The molecule has 0 N–H and O–H groups in total. The number of aryl methyl sites for hydroxylation is 2. The van der Waals surface area contributed by atoms with E-state index < -0.39 is 0 Å². The molecule has 5 nitrogen and oxygen atoms in total. The summed E-state index contributed by atoms with van der Waals surface area (Å²) in [5.74, 6) is -0.00977. The van der Waals surface area contributed by atoms with Crippen LogP contribution in [0.15, 0.2) is 47.3 Å². The van der Waals surface area contributed by atoms with Crippen LogP contribution in [0.5, 0.6) is 0 Å². The normalized spacial score (nSPS) is 11.2. The third kappa shape index (κ3) is 3.27. The van der Waals surface area contributed by atoms with Crippen molar-refractivity contribution in [3.05, 3.63) is 68.3 Å². The molecule has 0 aliphatic carbocycles. The highest BCUT2D eigenvalue weighted by Gasteiger charge is 2.19. The van der Waals surface area contributed by atoms with Gasteiger partial charge in [0, 0.05) is 28.4 Å². The van der Waals surface area contributed by atoms with E-state index in [4.69, 9.17) is 0 Å². The molecule has 0 aliphatic rings. The lowest BCUT2D eigenvalue weighted by Gasteiger charge is -2.21. The zero-order valence-electron chi connectivity index (χ0n) is 14.5. The lowest BCUT2D eigenvalue weighted by Crippen LogP contribution is -2.29.